The normalized spacial score (nSPS) is 21.5. The zero-order chi connectivity index (χ0) is 21.0. The van der Waals surface area contributed by atoms with Crippen molar-refractivity contribution in [2.24, 2.45) is 11.3 Å². The Labute approximate surface area is 178 Å². The Kier molecular flexibility index (Phi) is 6.20. The van der Waals surface area contributed by atoms with Gasteiger partial charge in [0.05, 0.1) is 10.8 Å². The van der Waals surface area contributed by atoms with Gasteiger partial charge in [-0.3, -0.25) is 9.78 Å². The van der Waals surface area contributed by atoms with Crippen LogP contribution in [0.1, 0.15) is 37.7 Å². The lowest BCUT2D eigenvalue weighted by atomic mass is 9.67. The summed E-state index contributed by atoms with van der Waals surface area (Å²) >= 11 is 0. The SMILES string of the molecule is O=C(NCCc1cccnc1)C1CN(S(=O)(=O)c2ccccc2)CC12CCCCC2. The van der Waals surface area contributed by atoms with Crippen molar-refractivity contribution in [2.75, 3.05) is 19.6 Å². The molecule has 30 heavy (non-hydrogen) atoms. The van der Waals surface area contributed by atoms with E-state index >= 15 is 0 Å². The van der Waals surface area contributed by atoms with Crippen LogP contribution in [0.15, 0.2) is 59.8 Å². The first kappa shape index (κ1) is 21.0. The van der Waals surface area contributed by atoms with E-state index in [4.69, 9.17) is 0 Å². The smallest absolute Gasteiger partial charge is 0.243 e. The summed E-state index contributed by atoms with van der Waals surface area (Å²) in [5.74, 6) is -0.322. The van der Waals surface area contributed by atoms with Gasteiger partial charge in [-0.1, -0.05) is 43.5 Å². The van der Waals surface area contributed by atoms with E-state index < -0.39 is 10.0 Å². The van der Waals surface area contributed by atoms with E-state index in [0.717, 1.165) is 37.7 Å². The summed E-state index contributed by atoms with van der Waals surface area (Å²) in [6.07, 6.45) is 9.34. The van der Waals surface area contributed by atoms with Crippen molar-refractivity contribution >= 4 is 15.9 Å². The van der Waals surface area contributed by atoms with Crippen molar-refractivity contribution in [3.8, 4) is 0 Å². The van der Waals surface area contributed by atoms with E-state index in [1.165, 1.54) is 0 Å². The molecule has 7 heteroatoms. The molecule has 1 aromatic carbocycles. The van der Waals surface area contributed by atoms with Crippen LogP contribution in [0.25, 0.3) is 0 Å². The highest BCUT2D eigenvalue weighted by atomic mass is 32.2. The van der Waals surface area contributed by atoms with Gasteiger partial charge in [0.2, 0.25) is 15.9 Å². The van der Waals surface area contributed by atoms with Crippen LogP contribution < -0.4 is 5.32 Å². The van der Waals surface area contributed by atoms with Gasteiger partial charge in [0.25, 0.3) is 0 Å². The van der Waals surface area contributed by atoms with Crippen LogP contribution >= 0.6 is 0 Å². The van der Waals surface area contributed by atoms with Crippen LogP contribution in [0.2, 0.25) is 0 Å². The number of benzene rings is 1. The molecule has 2 aromatic rings. The van der Waals surface area contributed by atoms with Gasteiger partial charge in [-0.05, 0) is 48.4 Å². The van der Waals surface area contributed by atoms with Gasteiger partial charge >= 0.3 is 0 Å². The summed E-state index contributed by atoms with van der Waals surface area (Å²) in [6, 6.07) is 12.4. The zero-order valence-electron chi connectivity index (χ0n) is 17.2. The third-order valence-corrected chi connectivity index (χ3v) is 8.43. The highest BCUT2D eigenvalue weighted by Gasteiger charge is 2.52. The minimum Gasteiger partial charge on any atom is -0.355 e. The molecule has 0 bridgehead atoms. The van der Waals surface area contributed by atoms with Crippen molar-refractivity contribution in [3.05, 3.63) is 60.4 Å². The van der Waals surface area contributed by atoms with Crippen molar-refractivity contribution < 1.29 is 13.2 Å². The number of pyridine rings is 1. The molecule has 2 heterocycles. The Hall–Kier alpha value is -2.25. The van der Waals surface area contributed by atoms with Crippen molar-refractivity contribution in [1.82, 2.24) is 14.6 Å². The quantitative estimate of drug-likeness (QED) is 0.769. The molecule has 1 atom stereocenters. The summed E-state index contributed by atoms with van der Waals surface area (Å²) in [5, 5.41) is 3.07. The van der Waals surface area contributed by atoms with E-state index in [1.807, 2.05) is 18.2 Å². The molecule has 1 saturated heterocycles. The fourth-order valence-corrected chi connectivity index (χ4v) is 6.54. The van der Waals surface area contributed by atoms with Gasteiger partial charge in [-0.25, -0.2) is 8.42 Å². The average molecular weight is 428 g/mol. The van der Waals surface area contributed by atoms with Gasteiger partial charge in [0.1, 0.15) is 0 Å². The highest BCUT2D eigenvalue weighted by Crippen LogP contribution is 2.48. The lowest BCUT2D eigenvalue weighted by Crippen LogP contribution is -2.43. The Morgan fingerprint density at radius 3 is 2.57 bits per heavy atom. The zero-order valence-corrected chi connectivity index (χ0v) is 18.0. The second kappa shape index (κ2) is 8.86. The Morgan fingerprint density at radius 1 is 1.10 bits per heavy atom. The summed E-state index contributed by atoms with van der Waals surface area (Å²) in [4.78, 5) is 17.6. The maximum Gasteiger partial charge on any atom is 0.243 e. The molecular formula is C23H29N3O3S. The Morgan fingerprint density at radius 2 is 1.87 bits per heavy atom. The fraction of sp³-hybridized carbons (Fsp3) is 0.478. The highest BCUT2D eigenvalue weighted by molar-refractivity contribution is 7.89. The maximum atomic E-state index is 13.2. The van der Waals surface area contributed by atoms with E-state index in [2.05, 4.69) is 10.3 Å². The maximum absolute atomic E-state index is 13.2. The molecule has 1 aliphatic heterocycles. The monoisotopic (exact) mass is 427 g/mol. The van der Waals surface area contributed by atoms with Gasteiger partial charge in [-0.15, -0.1) is 0 Å². The van der Waals surface area contributed by atoms with Crippen molar-refractivity contribution in [2.45, 2.75) is 43.4 Å². The number of hydrogen-bond donors (Lipinski definition) is 1. The lowest BCUT2D eigenvalue weighted by molar-refractivity contribution is -0.128. The second-order valence-electron chi connectivity index (χ2n) is 8.49. The van der Waals surface area contributed by atoms with E-state index in [-0.39, 0.29) is 23.8 Å². The van der Waals surface area contributed by atoms with Gasteiger partial charge in [0.15, 0.2) is 0 Å². The molecule has 160 valence electrons. The van der Waals surface area contributed by atoms with Crippen molar-refractivity contribution in [3.63, 3.8) is 0 Å². The molecule has 1 aliphatic carbocycles. The molecule has 1 spiro atoms. The Bertz CT molecular complexity index is 958. The number of sulfonamides is 1. The van der Waals surface area contributed by atoms with Gasteiger partial charge in [0, 0.05) is 32.0 Å². The van der Waals surface area contributed by atoms with Crippen LogP contribution in [0, 0.1) is 11.3 Å². The molecule has 0 radical (unpaired) electrons. The van der Waals surface area contributed by atoms with E-state index in [1.54, 1.807) is 41.0 Å². The number of hydrogen-bond acceptors (Lipinski definition) is 4. The number of carbonyl (C=O) groups excluding carboxylic acids is 1. The summed E-state index contributed by atoms with van der Waals surface area (Å²) in [5.41, 5.74) is 0.822. The van der Waals surface area contributed by atoms with Crippen LogP contribution in [0.4, 0.5) is 0 Å². The predicted octanol–water partition coefficient (Wildman–Crippen LogP) is 3.01. The van der Waals surface area contributed by atoms with Gasteiger partial charge in [-0.2, -0.15) is 4.31 Å². The third-order valence-electron chi connectivity index (χ3n) is 6.60. The van der Waals surface area contributed by atoms with E-state index in [0.29, 0.717) is 24.4 Å². The summed E-state index contributed by atoms with van der Waals surface area (Å²) in [6.45, 7) is 1.23. The molecule has 2 fully saturated rings. The number of nitrogens with zero attached hydrogens (tertiary/aromatic N) is 2. The van der Waals surface area contributed by atoms with E-state index in [9.17, 15) is 13.2 Å². The number of aromatic nitrogens is 1. The number of amides is 1. The minimum atomic E-state index is -3.60. The molecule has 1 saturated carbocycles. The lowest BCUT2D eigenvalue weighted by Gasteiger charge is -2.37. The summed E-state index contributed by atoms with van der Waals surface area (Å²) in [7, 11) is -3.60. The Balaban J connectivity index is 1.49. The molecule has 6 nitrogen and oxygen atoms in total. The average Bonchev–Trinajstić information content (AvgIpc) is 3.15. The van der Waals surface area contributed by atoms with Gasteiger partial charge < -0.3 is 5.32 Å². The molecular weight excluding hydrogens is 398 g/mol. The molecule has 4 rings (SSSR count). The molecule has 1 amide bonds. The molecule has 1 aromatic heterocycles. The first-order chi connectivity index (χ1) is 14.5. The molecule has 1 unspecified atom stereocenters. The van der Waals surface area contributed by atoms with Crippen LogP contribution in [0.5, 0.6) is 0 Å². The van der Waals surface area contributed by atoms with Crippen LogP contribution in [-0.2, 0) is 21.2 Å². The topological polar surface area (TPSA) is 79.4 Å². The fourth-order valence-electron chi connectivity index (χ4n) is 4.97. The minimum absolute atomic E-state index is 0.0217. The second-order valence-corrected chi connectivity index (χ2v) is 10.4. The first-order valence-electron chi connectivity index (χ1n) is 10.7. The number of carbonyl (C=O) groups is 1. The largest absolute Gasteiger partial charge is 0.355 e. The van der Waals surface area contributed by atoms with Crippen LogP contribution in [0.3, 0.4) is 0 Å². The van der Waals surface area contributed by atoms with Crippen molar-refractivity contribution in [1.29, 1.82) is 0 Å². The molecule has 2 aliphatic rings. The number of nitrogens with one attached hydrogen (secondary N) is 1. The van der Waals surface area contributed by atoms with Crippen LogP contribution in [-0.4, -0.2) is 43.2 Å². The molecule has 1 N–H and O–H groups in total. The standard InChI is InChI=1S/C23H29N3O3S/c27-22(25-15-11-19-8-7-14-24-16-19)21-17-26(18-23(21)12-5-2-6-13-23)30(28,29)20-9-3-1-4-10-20/h1,3-4,7-10,14,16,21H,2,5-6,11-13,15,17-18H2,(H,25,27). The number of rotatable bonds is 6. The summed E-state index contributed by atoms with van der Waals surface area (Å²) < 4.78 is 28.0. The third kappa shape index (κ3) is 4.27. The predicted molar refractivity (Wildman–Crippen MR) is 115 cm³/mol. The first-order valence-corrected chi connectivity index (χ1v) is 12.2.